The number of piperazine rings is 1. The second kappa shape index (κ2) is 18.2. The van der Waals surface area contributed by atoms with E-state index >= 15 is 0 Å². The Bertz CT molecular complexity index is 1210. The summed E-state index contributed by atoms with van der Waals surface area (Å²) in [5.74, 6) is 0.908. The van der Waals surface area contributed by atoms with E-state index in [-0.39, 0.29) is 12.6 Å². The number of carbonyl (C=O) groups is 1. The van der Waals surface area contributed by atoms with Gasteiger partial charge in [0.25, 0.3) is 0 Å². The van der Waals surface area contributed by atoms with E-state index in [1.54, 1.807) is 22.8 Å². The molecule has 1 fully saturated rings. The third kappa shape index (κ3) is 9.56. The zero-order valence-electron chi connectivity index (χ0n) is 25.5. The number of unbranched alkanes of at least 4 members (excludes halogenated alkanes) is 1. The molecule has 2 aliphatic heterocycles. The lowest BCUT2D eigenvalue weighted by Gasteiger charge is -2.36. The molecule has 9 heteroatoms. The van der Waals surface area contributed by atoms with Crippen LogP contribution in [0.1, 0.15) is 45.6 Å². The van der Waals surface area contributed by atoms with E-state index in [4.69, 9.17) is 4.74 Å². The number of para-hydroxylation sites is 1. The summed E-state index contributed by atoms with van der Waals surface area (Å²) in [6.07, 6.45) is 8.30. The van der Waals surface area contributed by atoms with Gasteiger partial charge in [-0.05, 0) is 62.7 Å². The average Bonchev–Trinajstić information content (AvgIpc) is 3.53. The summed E-state index contributed by atoms with van der Waals surface area (Å²) in [6, 6.07) is 15.7. The van der Waals surface area contributed by atoms with Crippen LogP contribution in [0.15, 0.2) is 82.8 Å². The Labute approximate surface area is 254 Å². The van der Waals surface area contributed by atoms with Crippen LogP contribution in [0.4, 0.5) is 5.69 Å². The number of fused-ring (bicyclic) bond motifs is 1. The van der Waals surface area contributed by atoms with Crippen molar-refractivity contribution in [2.24, 2.45) is 4.99 Å². The Balaban J connectivity index is 0.00000237. The van der Waals surface area contributed by atoms with Crippen molar-refractivity contribution in [3.05, 3.63) is 78.5 Å². The van der Waals surface area contributed by atoms with Crippen LogP contribution in [-0.2, 0) is 22.2 Å². The molecule has 228 valence electrons. The van der Waals surface area contributed by atoms with Gasteiger partial charge >= 0.3 is 0 Å². The Kier molecular flexibility index (Phi) is 14.3. The van der Waals surface area contributed by atoms with Gasteiger partial charge in [0.1, 0.15) is 12.4 Å². The first kappa shape index (κ1) is 33.1. The summed E-state index contributed by atoms with van der Waals surface area (Å²) in [4.78, 5) is 22.8. The number of aliphatic imine (C=N–C) groups is 1. The highest BCUT2D eigenvalue weighted by molar-refractivity contribution is 7.82. The molecule has 0 spiro atoms. The van der Waals surface area contributed by atoms with Gasteiger partial charge in [-0.15, -0.1) is 6.58 Å². The van der Waals surface area contributed by atoms with E-state index in [2.05, 4.69) is 44.9 Å². The fourth-order valence-corrected chi connectivity index (χ4v) is 6.00. The number of rotatable bonds is 14. The van der Waals surface area contributed by atoms with Crippen molar-refractivity contribution in [2.45, 2.75) is 51.3 Å². The molecule has 0 saturated carbocycles. The quantitative estimate of drug-likeness (QED) is 0.141. The summed E-state index contributed by atoms with van der Waals surface area (Å²) in [5, 5.41) is 3.04. The van der Waals surface area contributed by atoms with E-state index in [1.807, 2.05) is 51.1 Å². The third-order valence-corrected chi connectivity index (χ3v) is 8.43. The molecule has 1 N–H and O–H groups in total. The molecule has 2 aromatic carbocycles. The number of carbonyl (C=O) groups excluding carboxylic acids is 1. The number of nitrogens with one attached hydrogen (secondary N) is 1. The summed E-state index contributed by atoms with van der Waals surface area (Å²) < 4.78 is 20.6. The van der Waals surface area contributed by atoms with Gasteiger partial charge in [-0.25, -0.2) is 4.21 Å². The lowest BCUT2D eigenvalue weighted by Crippen LogP contribution is -2.46. The molecule has 2 aromatic rings. The molecular formula is C33H47N5O3S. The van der Waals surface area contributed by atoms with E-state index in [0.29, 0.717) is 23.4 Å². The van der Waals surface area contributed by atoms with Gasteiger partial charge in [0, 0.05) is 50.9 Å². The highest BCUT2D eigenvalue weighted by Crippen LogP contribution is 2.36. The Morgan fingerprint density at radius 1 is 1.10 bits per heavy atom. The fraction of sp³-hybridized carbons (Fsp3) is 0.455. The number of hydrogen-bond acceptors (Lipinski definition) is 6. The summed E-state index contributed by atoms with van der Waals surface area (Å²) >= 11 is 0. The molecule has 1 saturated heterocycles. The largest absolute Gasteiger partial charge is 0.491 e. The minimum absolute atomic E-state index is 0.165. The van der Waals surface area contributed by atoms with Crippen LogP contribution in [0.25, 0.3) is 0 Å². The van der Waals surface area contributed by atoms with Crippen molar-refractivity contribution in [1.82, 2.24) is 14.5 Å². The Hall–Kier alpha value is -3.43. The van der Waals surface area contributed by atoms with Crippen LogP contribution >= 0.6 is 0 Å². The van der Waals surface area contributed by atoms with Crippen LogP contribution in [0, 0.1) is 0 Å². The summed E-state index contributed by atoms with van der Waals surface area (Å²) in [5.41, 5.74) is 3.06. The van der Waals surface area contributed by atoms with Gasteiger partial charge in [-0.3, -0.25) is 19.0 Å². The number of benzene rings is 2. The highest BCUT2D eigenvalue weighted by Gasteiger charge is 2.23. The molecule has 0 aromatic heterocycles. The standard InChI is InChI=1S/C31H41N5O3S.C2H6/c1-3-11-27(24-36(25-32-4-2)40(38)28-13-6-5-7-14-28)31(37)33-17-8-9-18-34-19-21-35(22-20-34)29-15-10-12-26-16-23-39-30(26)29;1-2/h3-7,10,12-15,24H,1,8-9,11,16-23,25H2,2H3,(H,33,37);1-2H3/b27-24+,32-4-;. The van der Waals surface area contributed by atoms with Crippen LogP contribution in [0.2, 0.25) is 0 Å². The van der Waals surface area contributed by atoms with E-state index in [9.17, 15) is 9.00 Å². The van der Waals surface area contributed by atoms with Gasteiger partial charge in [-0.2, -0.15) is 0 Å². The topological polar surface area (TPSA) is 77.5 Å². The SMILES string of the molecule is C=CC/C(=C\N(C/N=C\C)S(=O)c1ccccc1)C(=O)NCCCCN1CCN(c2cccc3c2OCC3)CC1.CC. The number of allylic oxidation sites excluding steroid dienone is 1. The van der Waals surface area contributed by atoms with Gasteiger partial charge in [0.05, 0.1) is 17.2 Å². The maximum atomic E-state index is 13.2. The van der Waals surface area contributed by atoms with Gasteiger partial charge in [0.15, 0.2) is 11.0 Å². The van der Waals surface area contributed by atoms with E-state index < -0.39 is 11.0 Å². The predicted octanol–water partition coefficient (Wildman–Crippen LogP) is 5.20. The maximum Gasteiger partial charge on any atom is 0.249 e. The third-order valence-electron chi connectivity index (χ3n) is 7.11. The van der Waals surface area contributed by atoms with Crippen molar-refractivity contribution >= 4 is 28.8 Å². The lowest BCUT2D eigenvalue weighted by molar-refractivity contribution is -0.117. The number of anilines is 1. The number of nitrogens with zero attached hydrogens (tertiary/aromatic N) is 4. The van der Waals surface area contributed by atoms with E-state index in [1.165, 1.54) is 11.3 Å². The highest BCUT2D eigenvalue weighted by atomic mass is 32.2. The van der Waals surface area contributed by atoms with Crippen molar-refractivity contribution in [3.8, 4) is 5.75 Å². The minimum Gasteiger partial charge on any atom is -0.491 e. The Morgan fingerprint density at radius 2 is 1.86 bits per heavy atom. The molecule has 0 bridgehead atoms. The van der Waals surface area contributed by atoms with Crippen molar-refractivity contribution in [2.75, 3.05) is 57.4 Å². The second-order valence-corrected chi connectivity index (χ2v) is 11.3. The predicted molar refractivity (Wildman–Crippen MR) is 175 cm³/mol. The van der Waals surface area contributed by atoms with Crippen molar-refractivity contribution in [3.63, 3.8) is 0 Å². The monoisotopic (exact) mass is 593 g/mol. The molecule has 0 radical (unpaired) electrons. The molecule has 2 heterocycles. The number of hydrogen-bond donors (Lipinski definition) is 1. The fourth-order valence-electron chi connectivity index (χ4n) is 4.94. The Morgan fingerprint density at radius 3 is 2.57 bits per heavy atom. The van der Waals surface area contributed by atoms with Crippen LogP contribution in [-0.4, -0.2) is 78.1 Å². The van der Waals surface area contributed by atoms with Crippen LogP contribution in [0.3, 0.4) is 0 Å². The summed E-state index contributed by atoms with van der Waals surface area (Å²) in [6.45, 7) is 16.2. The zero-order chi connectivity index (χ0) is 30.2. The normalized spacial score (nSPS) is 15.8. The first-order valence-corrected chi connectivity index (χ1v) is 16.2. The maximum absolute atomic E-state index is 13.2. The molecule has 1 unspecified atom stereocenters. The van der Waals surface area contributed by atoms with Gasteiger partial charge < -0.3 is 15.0 Å². The minimum atomic E-state index is -1.48. The van der Waals surface area contributed by atoms with Crippen LogP contribution < -0.4 is 15.0 Å². The first-order valence-electron chi connectivity index (χ1n) is 15.1. The molecule has 8 nitrogen and oxygen atoms in total. The molecule has 1 amide bonds. The van der Waals surface area contributed by atoms with Gasteiger partial charge in [0.2, 0.25) is 5.91 Å². The first-order chi connectivity index (χ1) is 20.6. The molecule has 0 aliphatic carbocycles. The molecule has 2 aliphatic rings. The summed E-state index contributed by atoms with van der Waals surface area (Å²) in [7, 11) is -1.48. The second-order valence-electron chi connectivity index (χ2n) is 9.86. The zero-order valence-corrected chi connectivity index (χ0v) is 26.3. The smallest absolute Gasteiger partial charge is 0.249 e. The van der Waals surface area contributed by atoms with Crippen LogP contribution in [0.5, 0.6) is 5.75 Å². The average molecular weight is 594 g/mol. The molecular weight excluding hydrogens is 546 g/mol. The molecule has 1 atom stereocenters. The van der Waals surface area contributed by atoms with Crippen molar-refractivity contribution in [1.29, 1.82) is 0 Å². The molecule has 4 rings (SSSR count). The molecule has 42 heavy (non-hydrogen) atoms. The number of ether oxygens (including phenoxy) is 1. The van der Waals surface area contributed by atoms with Gasteiger partial charge in [-0.1, -0.05) is 50.3 Å². The van der Waals surface area contributed by atoms with E-state index in [0.717, 1.165) is 64.3 Å². The lowest BCUT2D eigenvalue weighted by atomic mass is 10.1. The van der Waals surface area contributed by atoms with Crippen molar-refractivity contribution < 1.29 is 13.7 Å². The number of amides is 1.